The number of nitrogens with one attached hydrogen (secondary N) is 2. The molecular weight excluding hydrogens is 356 g/mol. The zero-order valence-corrected chi connectivity index (χ0v) is 16.0. The number of hydrogen-bond donors (Lipinski definition) is 2. The van der Waals surface area contributed by atoms with Crippen LogP contribution in [0.4, 0.5) is 0 Å². The van der Waals surface area contributed by atoms with Crippen molar-refractivity contribution in [2.45, 2.75) is 37.6 Å². The molecule has 0 unspecified atom stereocenters. The van der Waals surface area contributed by atoms with Crippen LogP contribution in [0.1, 0.15) is 37.0 Å². The second-order valence-corrected chi connectivity index (χ2v) is 6.69. The smallest absolute Gasteiger partial charge is 0.306 e. The Kier molecular flexibility index (Phi) is 9.43. The maximum absolute atomic E-state index is 12.0. The van der Waals surface area contributed by atoms with Gasteiger partial charge in [0.05, 0.1) is 13.0 Å². The zero-order valence-electron chi connectivity index (χ0n) is 15.2. The Hall–Kier alpha value is -2.35. The van der Waals surface area contributed by atoms with Gasteiger partial charge in [0.2, 0.25) is 5.91 Å². The number of Topliss-reactive ketones (excluding diaryl/α,β-unsaturated/α-hetero) is 1. The topological polar surface area (TPSA) is 102 Å². The summed E-state index contributed by atoms with van der Waals surface area (Å²) in [5, 5.41) is 4.97. The monoisotopic (exact) mass is 380 g/mol. The van der Waals surface area contributed by atoms with E-state index in [1.54, 1.807) is 37.7 Å². The van der Waals surface area contributed by atoms with Crippen molar-refractivity contribution < 1.29 is 23.9 Å². The molecule has 2 N–H and O–H groups in total. The van der Waals surface area contributed by atoms with Crippen LogP contribution in [0, 0.1) is 0 Å². The van der Waals surface area contributed by atoms with Gasteiger partial charge >= 0.3 is 5.97 Å². The Morgan fingerprint density at radius 3 is 2.27 bits per heavy atom. The van der Waals surface area contributed by atoms with E-state index in [1.807, 2.05) is 18.4 Å². The van der Waals surface area contributed by atoms with Crippen LogP contribution in [-0.2, 0) is 19.1 Å². The molecule has 0 aliphatic heterocycles. The number of carbonyl (C=O) groups is 4. The summed E-state index contributed by atoms with van der Waals surface area (Å²) in [7, 11) is 0. The molecule has 142 valence electrons. The largest absolute Gasteiger partial charge is 0.456 e. The van der Waals surface area contributed by atoms with Gasteiger partial charge in [0.15, 0.2) is 12.4 Å². The lowest BCUT2D eigenvalue weighted by molar-refractivity contribution is -0.148. The minimum absolute atomic E-state index is 0.00978. The third-order valence-corrected chi connectivity index (χ3v) is 3.97. The third-order valence-electron chi connectivity index (χ3n) is 3.23. The van der Waals surface area contributed by atoms with Gasteiger partial charge in [-0.25, -0.2) is 0 Å². The first kappa shape index (κ1) is 21.7. The van der Waals surface area contributed by atoms with E-state index in [2.05, 4.69) is 10.6 Å². The Labute approximate surface area is 157 Å². The van der Waals surface area contributed by atoms with Gasteiger partial charge in [0, 0.05) is 22.9 Å². The van der Waals surface area contributed by atoms with Crippen molar-refractivity contribution in [2.75, 3.05) is 19.4 Å². The van der Waals surface area contributed by atoms with E-state index in [0.29, 0.717) is 5.56 Å². The first-order valence-corrected chi connectivity index (χ1v) is 9.43. The molecule has 1 rings (SSSR count). The summed E-state index contributed by atoms with van der Waals surface area (Å²) in [5.41, 5.74) is 0.532. The summed E-state index contributed by atoms with van der Waals surface area (Å²) < 4.78 is 4.80. The molecule has 7 nitrogen and oxygen atoms in total. The SMILES string of the molecule is CSc1ccc(C(=O)CCC(=O)OCC(=O)NCC(=O)NC(C)C)cc1. The van der Waals surface area contributed by atoms with Gasteiger partial charge in [-0.3, -0.25) is 19.2 Å². The minimum atomic E-state index is -0.638. The lowest BCUT2D eigenvalue weighted by Gasteiger charge is -2.09. The van der Waals surface area contributed by atoms with Gasteiger partial charge in [-0.15, -0.1) is 11.8 Å². The number of ketones is 1. The molecule has 0 radical (unpaired) electrons. The maximum Gasteiger partial charge on any atom is 0.306 e. The van der Waals surface area contributed by atoms with E-state index in [9.17, 15) is 19.2 Å². The number of esters is 1. The fourth-order valence-electron chi connectivity index (χ4n) is 1.96. The average molecular weight is 380 g/mol. The van der Waals surface area contributed by atoms with Crippen LogP contribution in [0.5, 0.6) is 0 Å². The number of carbonyl (C=O) groups excluding carboxylic acids is 4. The van der Waals surface area contributed by atoms with Crippen molar-refractivity contribution >= 4 is 35.3 Å². The molecule has 1 aromatic carbocycles. The number of thioether (sulfide) groups is 1. The van der Waals surface area contributed by atoms with Crippen LogP contribution in [0.15, 0.2) is 29.2 Å². The van der Waals surface area contributed by atoms with E-state index in [-0.39, 0.29) is 37.1 Å². The molecule has 8 heteroatoms. The van der Waals surface area contributed by atoms with Gasteiger partial charge in [-0.2, -0.15) is 0 Å². The van der Waals surface area contributed by atoms with Crippen molar-refractivity contribution in [3.63, 3.8) is 0 Å². The van der Waals surface area contributed by atoms with Gasteiger partial charge in [0.1, 0.15) is 0 Å². The second-order valence-electron chi connectivity index (χ2n) is 5.81. The van der Waals surface area contributed by atoms with E-state index in [1.165, 1.54) is 0 Å². The van der Waals surface area contributed by atoms with Gasteiger partial charge < -0.3 is 15.4 Å². The van der Waals surface area contributed by atoms with Crippen molar-refractivity contribution in [3.8, 4) is 0 Å². The molecule has 0 bridgehead atoms. The lowest BCUT2D eigenvalue weighted by atomic mass is 10.1. The third kappa shape index (κ3) is 8.66. The molecule has 1 aromatic rings. The normalized spacial score (nSPS) is 10.3. The standard InChI is InChI=1S/C18H24N2O5S/c1-12(2)20-16(22)10-19-17(23)11-25-18(24)9-8-15(21)13-4-6-14(26-3)7-5-13/h4-7,12H,8-11H2,1-3H3,(H,19,23)(H,20,22). The minimum Gasteiger partial charge on any atom is -0.456 e. The number of ether oxygens (including phenoxy) is 1. The highest BCUT2D eigenvalue weighted by atomic mass is 32.2. The van der Waals surface area contributed by atoms with Crippen LogP contribution in [0.25, 0.3) is 0 Å². The number of hydrogen-bond acceptors (Lipinski definition) is 6. The molecule has 0 aromatic heterocycles. The molecule has 0 atom stereocenters. The first-order chi connectivity index (χ1) is 12.3. The van der Waals surface area contributed by atoms with E-state index in [0.717, 1.165) is 4.90 Å². The highest BCUT2D eigenvalue weighted by molar-refractivity contribution is 7.98. The molecule has 0 saturated heterocycles. The van der Waals surface area contributed by atoms with Crippen molar-refractivity contribution in [1.29, 1.82) is 0 Å². The number of amides is 2. The van der Waals surface area contributed by atoms with Crippen molar-refractivity contribution in [2.24, 2.45) is 0 Å². The summed E-state index contributed by atoms with van der Waals surface area (Å²) in [5.74, 6) is -1.70. The van der Waals surface area contributed by atoms with Crippen LogP contribution in [0.3, 0.4) is 0 Å². The Morgan fingerprint density at radius 1 is 1.04 bits per heavy atom. The Balaban J connectivity index is 2.25. The molecule has 26 heavy (non-hydrogen) atoms. The molecule has 0 aliphatic carbocycles. The number of rotatable bonds is 10. The highest BCUT2D eigenvalue weighted by Gasteiger charge is 2.12. The molecular formula is C18H24N2O5S. The summed E-state index contributed by atoms with van der Waals surface area (Å²) in [4.78, 5) is 47.6. The fourth-order valence-corrected chi connectivity index (χ4v) is 2.37. The van der Waals surface area contributed by atoms with Crippen LogP contribution in [-0.4, -0.2) is 49.0 Å². The first-order valence-electron chi connectivity index (χ1n) is 8.20. The fraction of sp³-hybridized carbons (Fsp3) is 0.444. The summed E-state index contributed by atoms with van der Waals surface area (Å²) in [6.45, 7) is 2.95. The molecule has 2 amide bonds. The molecule has 0 fully saturated rings. The number of benzene rings is 1. The predicted molar refractivity (Wildman–Crippen MR) is 99.0 cm³/mol. The predicted octanol–water partition coefficient (Wildman–Crippen LogP) is 1.56. The maximum atomic E-state index is 12.0. The van der Waals surface area contributed by atoms with Gasteiger partial charge in [0.25, 0.3) is 5.91 Å². The van der Waals surface area contributed by atoms with E-state index >= 15 is 0 Å². The Morgan fingerprint density at radius 2 is 1.69 bits per heavy atom. The zero-order chi connectivity index (χ0) is 19.5. The Bertz CT molecular complexity index is 643. The summed E-state index contributed by atoms with van der Waals surface area (Å²) >= 11 is 1.58. The van der Waals surface area contributed by atoms with Gasteiger partial charge in [-0.1, -0.05) is 12.1 Å². The summed E-state index contributed by atoms with van der Waals surface area (Å²) in [6.07, 6.45) is 1.85. The average Bonchev–Trinajstić information content (AvgIpc) is 2.62. The van der Waals surface area contributed by atoms with Crippen LogP contribution < -0.4 is 10.6 Å². The molecule has 0 spiro atoms. The van der Waals surface area contributed by atoms with Crippen molar-refractivity contribution in [1.82, 2.24) is 10.6 Å². The van der Waals surface area contributed by atoms with Crippen LogP contribution >= 0.6 is 11.8 Å². The van der Waals surface area contributed by atoms with Crippen molar-refractivity contribution in [3.05, 3.63) is 29.8 Å². The molecule has 0 aliphatic rings. The van der Waals surface area contributed by atoms with E-state index in [4.69, 9.17) is 4.74 Å². The molecule has 0 heterocycles. The van der Waals surface area contributed by atoms with Crippen LogP contribution in [0.2, 0.25) is 0 Å². The lowest BCUT2D eigenvalue weighted by Crippen LogP contribution is -2.41. The molecule has 0 saturated carbocycles. The van der Waals surface area contributed by atoms with E-state index < -0.39 is 18.5 Å². The second kappa shape index (κ2) is 11.3. The summed E-state index contributed by atoms with van der Waals surface area (Å²) in [6, 6.07) is 7.10. The van der Waals surface area contributed by atoms with Gasteiger partial charge in [-0.05, 0) is 32.2 Å². The quantitative estimate of drug-likeness (QED) is 0.363. The highest BCUT2D eigenvalue weighted by Crippen LogP contribution is 2.16.